The van der Waals surface area contributed by atoms with Crippen molar-refractivity contribution in [2.75, 3.05) is 10.7 Å². The van der Waals surface area contributed by atoms with E-state index in [1.54, 1.807) is 18.6 Å². The number of aromatic nitrogens is 4. The van der Waals surface area contributed by atoms with Gasteiger partial charge in [-0.1, -0.05) is 18.2 Å². The highest BCUT2D eigenvalue weighted by atomic mass is 15.4. The van der Waals surface area contributed by atoms with Gasteiger partial charge in [-0.25, -0.2) is 20.8 Å². The van der Waals surface area contributed by atoms with Gasteiger partial charge in [-0.3, -0.25) is 5.01 Å². The molecule has 31 heavy (non-hydrogen) atoms. The third-order valence-corrected chi connectivity index (χ3v) is 5.00. The summed E-state index contributed by atoms with van der Waals surface area (Å²) in [7, 11) is 0. The number of fused-ring (bicyclic) bond motifs is 1. The Morgan fingerprint density at radius 1 is 1.00 bits per heavy atom. The fourth-order valence-electron chi connectivity index (χ4n) is 3.67. The van der Waals surface area contributed by atoms with E-state index < -0.39 is 0 Å². The maximum Gasteiger partial charge on any atom is 0.219 e. The van der Waals surface area contributed by atoms with Crippen molar-refractivity contribution in [2.45, 2.75) is 26.3 Å². The van der Waals surface area contributed by atoms with Gasteiger partial charge in [0.15, 0.2) is 0 Å². The van der Waals surface area contributed by atoms with Gasteiger partial charge in [0.2, 0.25) is 5.95 Å². The van der Waals surface area contributed by atoms with Crippen LogP contribution < -0.4 is 22.3 Å². The predicted molar refractivity (Wildman–Crippen MR) is 126 cm³/mol. The smallest absolute Gasteiger partial charge is 0.219 e. The molecule has 2 aromatic carbocycles. The molecule has 6 N–H and O–H groups in total. The lowest BCUT2D eigenvalue weighted by molar-refractivity contribution is 0.413. The molecule has 0 aliphatic rings. The van der Waals surface area contributed by atoms with Crippen molar-refractivity contribution in [1.82, 2.24) is 19.5 Å². The minimum absolute atomic E-state index is 0.216. The molecule has 0 spiro atoms. The maximum atomic E-state index is 6.21. The first-order chi connectivity index (χ1) is 14.8. The standard InChI is InChI=1S/C23H26N8/c1-23(2,3)31-20-9-8-15(16-13-27-22(25)28-14-16)12-18(20)29-21(31)17-6-4-5-7-19(17)30(26)11-10-24/h4-14H,24,26H2,1-3H3,(H2,25,27,28)/b11-10-. The van der Waals surface area contributed by atoms with Crippen LogP contribution in [0.15, 0.2) is 67.3 Å². The van der Waals surface area contributed by atoms with Crippen LogP contribution in [0.3, 0.4) is 0 Å². The topological polar surface area (TPSA) is 125 Å². The highest BCUT2D eigenvalue weighted by molar-refractivity contribution is 5.88. The largest absolute Gasteiger partial charge is 0.403 e. The fraction of sp³-hybridized carbons (Fsp3) is 0.174. The van der Waals surface area contributed by atoms with Gasteiger partial charge in [-0.05, 0) is 50.6 Å². The van der Waals surface area contributed by atoms with Crippen molar-refractivity contribution >= 4 is 22.7 Å². The minimum Gasteiger partial charge on any atom is -0.403 e. The Kier molecular flexibility index (Phi) is 5.08. The van der Waals surface area contributed by atoms with E-state index >= 15 is 0 Å². The average molecular weight is 415 g/mol. The molecule has 0 saturated carbocycles. The van der Waals surface area contributed by atoms with E-state index in [0.717, 1.165) is 39.2 Å². The Morgan fingerprint density at radius 3 is 2.39 bits per heavy atom. The van der Waals surface area contributed by atoms with E-state index in [1.807, 2.05) is 36.4 Å². The molecule has 158 valence electrons. The number of benzene rings is 2. The summed E-state index contributed by atoms with van der Waals surface area (Å²) in [5.74, 6) is 7.29. The Morgan fingerprint density at radius 2 is 1.71 bits per heavy atom. The highest BCUT2D eigenvalue weighted by Crippen LogP contribution is 2.36. The van der Waals surface area contributed by atoms with Crippen molar-refractivity contribution in [1.29, 1.82) is 0 Å². The number of nitrogen functional groups attached to an aromatic ring is 1. The molecule has 0 fully saturated rings. The molecule has 8 heteroatoms. The van der Waals surface area contributed by atoms with Crippen LogP contribution in [0.4, 0.5) is 11.6 Å². The van der Waals surface area contributed by atoms with E-state index in [1.165, 1.54) is 11.2 Å². The lowest BCUT2D eigenvalue weighted by Gasteiger charge is -2.26. The van der Waals surface area contributed by atoms with Crippen molar-refractivity contribution in [3.8, 4) is 22.5 Å². The predicted octanol–water partition coefficient (Wildman–Crippen LogP) is 3.61. The molecular weight excluding hydrogens is 388 g/mol. The van der Waals surface area contributed by atoms with Gasteiger partial charge in [-0.15, -0.1) is 0 Å². The van der Waals surface area contributed by atoms with Crippen LogP contribution in [0.25, 0.3) is 33.5 Å². The number of anilines is 2. The molecule has 8 nitrogen and oxygen atoms in total. The number of para-hydroxylation sites is 1. The van der Waals surface area contributed by atoms with Gasteiger partial charge >= 0.3 is 0 Å². The van der Waals surface area contributed by atoms with Crippen LogP contribution in [-0.2, 0) is 5.54 Å². The zero-order valence-corrected chi connectivity index (χ0v) is 17.8. The molecule has 4 aromatic rings. The SMILES string of the molecule is CC(C)(C)n1c(-c2ccccc2N(N)/C=C\N)nc2cc(-c3cnc(N)nc3)ccc21. The summed E-state index contributed by atoms with van der Waals surface area (Å²) in [4.78, 5) is 13.2. The zero-order chi connectivity index (χ0) is 22.2. The first-order valence-corrected chi connectivity index (χ1v) is 9.92. The number of imidazole rings is 1. The van der Waals surface area contributed by atoms with Gasteiger partial charge in [0.1, 0.15) is 5.82 Å². The van der Waals surface area contributed by atoms with Crippen molar-refractivity contribution in [3.05, 3.63) is 67.3 Å². The molecule has 2 heterocycles. The van der Waals surface area contributed by atoms with Crippen molar-refractivity contribution in [3.63, 3.8) is 0 Å². The molecule has 2 aromatic heterocycles. The highest BCUT2D eigenvalue weighted by Gasteiger charge is 2.24. The second-order valence-corrected chi connectivity index (χ2v) is 8.24. The molecule has 0 aliphatic carbocycles. The number of hydrazine groups is 1. The number of nitrogens with two attached hydrogens (primary N) is 3. The number of hydrogen-bond acceptors (Lipinski definition) is 7. The van der Waals surface area contributed by atoms with Crippen molar-refractivity contribution in [2.24, 2.45) is 11.6 Å². The first kappa shape index (κ1) is 20.4. The molecule has 0 aliphatic heterocycles. The molecular formula is C23H26N8. The Hall–Kier alpha value is -3.91. The van der Waals surface area contributed by atoms with Crippen LogP contribution in [0.1, 0.15) is 20.8 Å². The second-order valence-electron chi connectivity index (χ2n) is 8.24. The molecule has 0 unspecified atom stereocenters. The van der Waals surface area contributed by atoms with E-state index in [9.17, 15) is 0 Å². The van der Waals surface area contributed by atoms with Gasteiger partial charge in [-0.2, -0.15) is 0 Å². The zero-order valence-electron chi connectivity index (χ0n) is 17.8. The van der Waals surface area contributed by atoms with Crippen LogP contribution in [0, 0.1) is 0 Å². The van der Waals surface area contributed by atoms with E-state index in [4.69, 9.17) is 22.3 Å². The summed E-state index contributed by atoms with van der Waals surface area (Å²) >= 11 is 0. The summed E-state index contributed by atoms with van der Waals surface area (Å²) in [5, 5.41) is 1.50. The second kappa shape index (κ2) is 7.73. The molecule has 4 rings (SSSR count). The Bertz CT molecular complexity index is 1250. The molecule has 0 amide bonds. The third-order valence-electron chi connectivity index (χ3n) is 5.00. The van der Waals surface area contributed by atoms with Crippen LogP contribution in [-0.4, -0.2) is 19.5 Å². The Balaban J connectivity index is 1.95. The van der Waals surface area contributed by atoms with Crippen LogP contribution in [0.2, 0.25) is 0 Å². The van der Waals surface area contributed by atoms with E-state index in [-0.39, 0.29) is 11.5 Å². The molecule has 0 radical (unpaired) electrons. The van der Waals surface area contributed by atoms with Gasteiger partial charge < -0.3 is 16.0 Å². The van der Waals surface area contributed by atoms with Gasteiger partial charge in [0, 0.05) is 41.5 Å². The summed E-state index contributed by atoms with van der Waals surface area (Å²) in [6.07, 6.45) is 6.45. The summed E-state index contributed by atoms with van der Waals surface area (Å²) < 4.78 is 2.23. The van der Waals surface area contributed by atoms with Gasteiger partial charge in [0.25, 0.3) is 0 Å². The number of hydrogen-bond donors (Lipinski definition) is 3. The van der Waals surface area contributed by atoms with Gasteiger partial charge in [0.05, 0.1) is 16.7 Å². The van der Waals surface area contributed by atoms with Crippen LogP contribution in [0.5, 0.6) is 0 Å². The van der Waals surface area contributed by atoms with E-state index in [0.29, 0.717) is 0 Å². The average Bonchev–Trinajstić information content (AvgIpc) is 3.13. The normalized spacial score (nSPS) is 12.0. The lowest BCUT2D eigenvalue weighted by atomic mass is 10.0. The maximum absolute atomic E-state index is 6.21. The summed E-state index contributed by atoms with van der Waals surface area (Å²) in [6.45, 7) is 6.46. The molecule has 0 bridgehead atoms. The third kappa shape index (κ3) is 3.80. The van der Waals surface area contributed by atoms with Crippen LogP contribution >= 0.6 is 0 Å². The van der Waals surface area contributed by atoms with Crippen molar-refractivity contribution < 1.29 is 0 Å². The first-order valence-electron chi connectivity index (χ1n) is 9.92. The summed E-state index contributed by atoms with van der Waals surface area (Å²) in [5.41, 5.74) is 16.4. The fourth-order valence-corrected chi connectivity index (χ4v) is 3.67. The Labute approximate surface area is 181 Å². The van der Waals surface area contributed by atoms with E-state index in [2.05, 4.69) is 41.4 Å². The monoisotopic (exact) mass is 414 g/mol. The minimum atomic E-state index is -0.216. The summed E-state index contributed by atoms with van der Waals surface area (Å²) in [6, 6.07) is 14.0. The molecule has 0 atom stereocenters. The number of nitrogens with zero attached hydrogens (tertiary/aromatic N) is 5. The number of rotatable bonds is 4. The molecule has 0 saturated heterocycles. The quantitative estimate of drug-likeness (QED) is 0.344. The lowest BCUT2D eigenvalue weighted by Crippen LogP contribution is -2.26.